The zero-order valence-electron chi connectivity index (χ0n) is 12.4. The molecule has 1 aromatic carbocycles. The molecule has 0 spiro atoms. The lowest BCUT2D eigenvalue weighted by molar-refractivity contribution is -0.119. The van der Waals surface area contributed by atoms with Crippen molar-refractivity contribution in [3.05, 3.63) is 29.3 Å². The molecule has 0 saturated carbocycles. The first kappa shape index (κ1) is 16.6. The number of rotatable bonds is 6. The number of thioether (sulfide) groups is 1. The third kappa shape index (κ3) is 3.72. The molecule has 0 fully saturated rings. The Hall–Kier alpha value is -1.73. The normalized spacial score (nSPS) is 12.1. The molecule has 2 rings (SSSR count). The molecule has 2 aromatic rings. The molecule has 0 saturated heterocycles. The lowest BCUT2D eigenvalue weighted by atomic mass is 10.2. The van der Waals surface area contributed by atoms with Gasteiger partial charge in [0.2, 0.25) is 11.9 Å². The lowest BCUT2D eigenvalue weighted by Crippen LogP contribution is -2.27. The number of nitrogens with one attached hydrogen (secondary N) is 1. The van der Waals surface area contributed by atoms with Gasteiger partial charge >= 0.3 is 0 Å². The van der Waals surface area contributed by atoms with Crippen molar-refractivity contribution in [1.82, 2.24) is 14.8 Å². The Morgan fingerprint density at radius 1 is 1.45 bits per heavy atom. The summed E-state index contributed by atoms with van der Waals surface area (Å²) < 4.78 is 1.67. The second-order valence-corrected chi connectivity index (χ2v) is 6.24. The number of amides is 1. The maximum absolute atomic E-state index is 12.6. The molecular formula is C14H18ClN5OS. The molecule has 1 aromatic heterocycles. The molecule has 1 atom stereocenters. The predicted octanol–water partition coefficient (Wildman–Crippen LogP) is 3.22. The largest absolute Gasteiger partial charge is 0.368 e. The fraction of sp³-hybridized carbons (Fsp3) is 0.357. The second kappa shape index (κ2) is 7.51. The number of nitrogens with two attached hydrogens (primary N) is 1. The molecule has 0 bridgehead atoms. The Morgan fingerprint density at radius 2 is 2.23 bits per heavy atom. The van der Waals surface area contributed by atoms with Crippen LogP contribution < -0.4 is 11.1 Å². The van der Waals surface area contributed by atoms with Gasteiger partial charge in [-0.05, 0) is 30.4 Å². The van der Waals surface area contributed by atoms with E-state index in [1.807, 2.05) is 13.8 Å². The van der Waals surface area contributed by atoms with Crippen LogP contribution in [0.3, 0.4) is 0 Å². The van der Waals surface area contributed by atoms with Gasteiger partial charge in [-0.3, -0.25) is 9.36 Å². The van der Waals surface area contributed by atoms with Gasteiger partial charge in [-0.2, -0.15) is 0 Å². The first-order valence-electron chi connectivity index (χ1n) is 6.96. The predicted molar refractivity (Wildman–Crippen MR) is 90.2 cm³/mol. The number of aromatic nitrogens is 3. The zero-order valence-corrected chi connectivity index (χ0v) is 14.0. The average molecular weight is 340 g/mol. The van der Waals surface area contributed by atoms with Gasteiger partial charge in [-0.1, -0.05) is 43.3 Å². The summed E-state index contributed by atoms with van der Waals surface area (Å²) in [6.07, 6.45) is 0.575. The summed E-state index contributed by atoms with van der Waals surface area (Å²) in [5, 5.41) is 12.0. The summed E-state index contributed by atoms with van der Waals surface area (Å²) in [4.78, 5) is 12.6. The molecule has 1 heterocycles. The fourth-order valence-corrected chi connectivity index (χ4v) is 2.99. The molecule has 0 aliphatic heterocycles. The fourth-order valence-electron chi connectivity index (χ4n) is 2.09. The van der Waals surface area contributed by atoms with E-state index < -0.39 is 6.04 Å². The summed E-state index contributed by atoms with van der Waals surface area (Å²) in [5.41, 5.74) is 6.52. The third-order valence-electron chi connectivity index (χ3n) is 3.06. The number of carbonyl (C=O) groups excluding carboxylic acids is 1. The Kier molecular flexibility index (Phi) is 5.68. The van der Waals surface area contributed by atoms with Gasteiger partial charge in [0.1, 0.15) is 6.04 Å². The molecule has 1 amide bonds. The van der Waals surface area contributed by atoms with Crippen molar-refractivity contribution in [3.63, 3.8) is 0 Å². The van der Waals surface area contributed by atoms with Crippen LogP contribution in [0.2, 0.25) is 5.02 Å². The highest BCUT2D eigenvalue weighted by atomic mass is 35.5. The summed E-state index contributed by atoms with van der Waals surface area (Å²) in [6, 6.07) is 6.55. The topological polar surface area (TPSA) is 85.8 Å². The monoisotopic (exact) mass is 339 g/mol. The number of carbonyl (C=O) groups is 1. The maximum Gasteiger partial charge on any atom is 0.247 e. The number of halogens is 1. The van der Waals surface area contributed by atoms with Gasteiger partial charge < -0.3 is 11.1 Å². The number of benzene rings is 1. The van der Waals surface area contributed by atoms with E-state index in [0.717, 1.165) is 5.75 Å². The van der Waals surface area contributed by atoms with Crippen molar-refractivity contribution in [1.29, 1.82) is 0 Å². The molecule has 22 heavy (non-hydrogen) atoms. The van der Waals surface area contributed by atoms with Crippen LogP contribution in [0.25, 0.3) is 0 Å². The lowest BCUT2D eigenvalue weighted by Gasteiger charge is -2.19. The molecule has 0 aliphatic carbocycles. The second-order valence-electron chi connectivity index (χ2n) is 4.57. The first-order valence-corrected chi connectivity index (χ1v) is 8.32. The Bertz CT molecular complexity index is 660. The number of anilines is 2. The molecule has 0 aliphatic rings. The van der Waals surface area contributed by atoms with Crippen LogP contribution in [0.1, 0.15) is 26.3 Å². The van der Waals surface area contributed by atoms with Gasteiger partial charge in [0.05, 0.1) is 0 Å². The smallest absolute Gasteiger partial charge is 0.247 e. The Balaban J connectivity index is 2.24. The standard InChI is InChI=1S/C14H18ClN5OS/c1-3-11(20-13(16)18-19-14(20)22-4-2)12(21)17-10-7-5-6-9(15)8-10/h5-8,11H,3-4H2,1-2H3,(H2,16,18)(H,17,21)/t11-/m0/s1. The van der Waals surface area contributed by atoms with Crippen molar-refractivity contribution in [2.75, 3.05) is 16.8 Å². The van der Waals surface area contributed by atoms with Crippen LogP contribution in [0.5, 0.6) is 0 Å². The molecule has 0 unspecified atom stereocenters. The molecule has 6 nitrogen and oxygen atoms in total. The van der Waals surface area contributed by atoms with Crippen molar-refractivity contribution in [3.8, 4) is 0 Å². The van der Waals surface area contributed by atoms with E-state index in [9.17, 15) is 4.79 Å². The molecule has 3 N–H and O–H groups in total. The maximum atomic E-state index is 12.6. The molecule has 0 radical (unpaired) electrons. The van der Waals surface area contributed by atoms with Crippen LogP contribution in [0.4, 0.5) is 11.6 Å². The van der Waals surface area contributed by atoms with Crippen molar-refractivity contribution < 1.29 is 4.79 Å². The van der Waals surface area contributed by atoms with E-state index >= 15 is 0 Å². The molecular weight excluding hydrogens is 322 g/mol. The number of hydrogen-bond donors (Lipinski definition) is 2. The minimum absolute atomic E-state index is 0.172. The van der Waals surface area contributed by atoms with Crippen LogP contribution in [0.15, 0.2) is 29.4 Å². The minimum Gasteiger partial charge on any atom is -0.368 e. The van der Waals surface area contributed by atoms with E-state index in [1.54, 1.807) is 28.8 Å². The van der Waals surface area contributed by atoms with Crippen molar-refractivity contribution in [2.45, 2.75) is 31.5 Å². The van der Waals surface area contributed by atoms with E-state index in [1.165, 1.54) is 11.8 Å². The highest BCUT2D eigenvalue weighted by Crippen LogP contribution is 2.26. The van der Waals surface area contributed by atoms with Crippen LogP contribution in [0, 0.1) is 0 Å². The van der Waals surface area contributed by atoms with Crippen molar-refractivity contribution in [2.24, 2.45) is 0 Å². The highest BCUT2D eigenvalue weighted by molar-refractivity contribution is 7.99. The van der Waals surface area contributed by atoms with Gasteiger partial charge in [-0.25, -0.2) is 0 Å². The summed E-state index contributed by atoms with van der Waals surface area (Å²) in [6.45, 7) is 3.93. The zero-order chi connectivity index (χ0) is 16.1. The van der Waals surface area contributed by atoms with Crippen molar-refractivity contribution >= 4 is 40.9 Å². The van der Waals surface area contributed by atoms with Crippen LogP contribution >= 0.6 is 23.4 Å². The quantitative estimate of drug-likeness (QED) is 0.789. The minimum atomic E-state index is -0.469. The third-order valence-corrected chi connectivity index (χ3v) is 4.12. The average Bonchev–Trinajstić information content (AvgIpc) is 2.82. The van der Waals surface area contributed by atoms with E-state index in [4.69, 9.17) is 17.3 Å². The van der Waals surface area contributed by atoms with Gasteiger partial charge in [0.15, 0.2) is 5.16 Å². The summed E-state index contributed by atoms with van der Waals surface area (Å²) in [5.74, 6) is 0.892. The van der Waals surface area contributed by atoms with Gasteiger partial charge in [0.25, 0.3) is 0 Å². The summed E-state index contributed by atoms with van der Waals surface area (Å²) in [7, 11) is 0. The molecule has 8 heteroatoms. The highest BCUT2D eigenvalue weighted by Gasteiger charge is 2.24. The number of nitrogens with zero attached hydrogens (tertiary/aromatic N) is 3. The Morgan fingerprint density at radius 3 is 2.86 bits per heavy atom. The van der Waals surface area contributed by atoms with E-state index in [-0.39, 0.29) is 11.9 Å². The van der Waals surface area contributed by atoms with E-state index in [2.05, 4.69) is 15.5 Å². The van der Waals surface area contributed by atoms with Crippen LogP contribution in [-0.4, -0.2) is 26.4 Å². The van der Waals surface area contributed by atoms with Crippen LogP contribution in [-0.2, 0) is 4.79 Å². The number of nitrogen functional groups attached to an aromatic ring is 1. The first-order chi connectivity index (χ1) is 10.6. The van der Waals surface area contributed by atoms with Gasteiger partial charge in [0, 0.05) is 10.7 Å². The Labute approximate surface area is 138 Å². The number of hydrogen-bond acceptors (Lipinski definition) is 5. The SMILES string of the molecule is CCSc1nnc(N)n1[C@@H](CC)C(=O)Nc1cccc(Cl)c1. The van der Waals surface area contributed by atoms with Gasteiger partial charge in [-0.15, -0.1) is 10.2 Å². The van der Waals surface area contributed by atoms with E-state index in [0.29, 0.717) is 22.3 Å². The molecule has 118 valence electrons. The summed E-state index contributed by atoms with van der Waals surface area (Å²) >= 11 is 7.43.